The number of hydrogen-bond donors (Lipinski definition) is 3. The van der Waals surface area contributed by atoms with E-state index in [0.29, 0.717) is 5.56 Å². The topological polar surface area (TPSA) is 73.7 Å². The molecular weight excluding hydrogens is 334 g/mol. The van der Waals surface area contributed by atoms with E-state index < -0.39 is 0 Å². The molecule has 0 atom stereocenters. The summed E-state index contributed by atoms with van der Waals surface area (Å²) in [4.78, 5) is 11.6. The Kier molecular flexibility index (Phi) is 5.34. The van der Waals surface area contributed by atoms with Crippen LogP contribution in [0.1, 0.15) is 5.56 Å². The molecule has 108 valence electrons. The van der Waals surface area contributed by atoms with Crippen molar-refractivity contribution in [3.05, 3.63) is 58.6 Å². The number of halogens is 1. The number of amides is 1. The number of carbonyl (C=O) groups is 1. The Bertz CT molecular complexity index is 642. The second-order valence-corrected chi connectivity index (χ2v) is 5.13. The van der Waals surface area contributed by atoms with Gasteiger partial charge in [0.25, 0.3) is 5.91 Å². The minimum absolute atomic E-state index is 0.111. The highest BCUT2D eigenvalue weighted by Crippen LogP contribution is 2.14. The number of aromatic hydroxyl groups is 1. The number of phenolic OH excluding ortho intramolecular Hbond substituents is 1. The highest BCUT2D eigenvalue weighted by atomic mass is 79.9. The Balaban J connectivity index is 1.80. The van der Waals surface area contributed by atoms with Crippen LogP contribution >= 0.6 is 15.9 Å². The third-order valence-corrected chi connectivity index (χ3v) is 3.16. The van der Waals surface area contributed by atoms with Gasteiger partial charge in [-0.1, -0.05) is 28.1 Å². The second kappa shape index (κ2) is 7.44. The summed E-state index contributed by atoms with van der Waals surface area (Å²) in [5.74, 6) is -0.159. The number of anilines is 1. The lowest BCUT2D eigenvalue weighted by atomic mass is 10.2. The summed E-state index contributed by atoms with van der Waals surface area (Å²) < 4.78 is 0.977. The number of nitrogens with zero attached hydrogens (tertiary/aromatic N) is 1. The van der Waals surface area contributed by atoms with E-state index in [1.807, 2.05) is 24.3 Å². The van der Waals surface area contributed by atoms with Gasteiger partial charge in [-0.2, -0.15) is 5.10 Å². The van der Waals surface area contributed by atoms with Crippen LogP contribution in [0, 0.1) is 0 Å². The first kappa shape index (κ1) is 15.1. The first-order valence-corrected chi connectivity index (χ1v) is 7.04. The zero-order valence-electron chi connectivity index (χ0n) is 11.1. The Hall–Kier alpha value is -2.34. The Morgan fingerprint density at radius 2 is 1.90 bits per heavy atom. The number of hydrogen-bond acceptors (Lipinski definition) is 4. The van der Waals surface area contributed by atoms with E-state index in [2.05, 4.69) is 31.8 Å². The maximum atomic E-state index is 11.6. The van der Waals surface area contributed by atoms with E-state index in [-0.39, 0.29) is 18.2 Å². The molecule has 0 radical (unpaired) electrons. The van der Waals surface area contributed by atoms with Crippen LogP contribution in [-0.4, -0.2) is 23.8 Å². The molecule has 0 fully saturated rings. The van der Waals surface area contributed by atoms with Crippen molar-refractivity contribution in [3.8, 4) is 5.75 Å². The van der Waals surface area contributed by atoms with Gasteiger partial charge >= 0.3 is 0 Å². The van der Waals surface area contributed by atoms with Gasteiger partial charge in [0.1, 0.15) is 5.75 Å². The van der Waals surface area contributed by atoms with Gasteiger partial charge in [0.2, 0.25) is 0 Å². The standard InChI is InChI=1S/C15H14BrN3O2/c16-12-5-7-13(8-6-12)17-10-15(21)19-18-9-11-3-1-2-4-14(11)20/h1-9,17,20H,10H2,(H,19,21)/b18-9-. The molecule has 0 saturated heterocycles. The maximum absolute atomic E-state index is 11.6. The predicted octanol–water partition coefficient (Wildman–Crippen LogP) is 2.72. The third kappa shape index (κ3) is 4.92. The van der Waals surface area contributed by atoms with Crippen LogP contribution in [0.4, 0.5) is 5.69 Å². The van der Waals surface area contributed by atoms with Crippen LogP contribution < -0.4 is 10.7 Å². The van der Waals surface area contributed by atoms with Gasteiger partial charge in [-0.05, 0) is 36.4 Å². The van der Waals surface area contributed by atoms with Gasteiger partial charge in [0.05, 0.1) is 12.8 Å². The quantitative estimate of drug-likeness (QED) is 0.575. The summed E-state index contributed by atoms with van der Waals surface area (Å²) in [5, 5.41) is 16.3. The van der Waals surface area contributed by atoms with E-state index in [4.69, 9.17) is 0 Å². The zero-order valence-corrected chi connectivity index (χ0v) is 12.7. The summed E-state index contributed by atoms with van der Waals surface area (Å²) in [7, 11) is 0. The monoisotopic (exact) mass is 347 g/mol. The molecule has 3 N–H and O–H groups in total. The third-order valence-electron chi connectivity index (χ3n) is 2.63. The summed E-state index contributed by atoms with van der Waals surface area (Å²) in [6.45, 7) is 0.111. The summed E-state index contributed by atoms with van der Waals surface area (Å²) in [5.41, 5.74) is 3.77. The fraction of sp³-hybridized carbons (Fsp3) is 0.0667. The highest BCUT2D eigenvalue weighted by molar-refractivity contribution is 9.10. The van der Waals surface area contributed by atoms with Crippen LogP contribution in [0.15, 0.2) is 58.1 Å². The van der Waals surface area contributed by atoms with Crippen LogP contribution in [0.5, 0.6) is 5.75 Å². The van der Waals surface area contributed by atoms with E-state index in [1.54, 1.807) is 24.3 Å². The van der Waals surface area contributed by atoms with E-state index in [1.165, 1.54) is 6.21 Å². The van der Waals surface area contributed by atoms with Crippen molar-refractivity contribution < 1.29 is 9.90 Å². The minimum Gasteiger partial charge on any atom is -0.507 e. The SMILES string of the molecule is O=C(CNc1ccc(Br)cc1)N/N=C\c1ccccc1O. The average Bonchev–Trinajstić information content (AvgIpc) is 2.49. The fourth-order valence-corrected chi connectivity index (χ4v) is 1.82. The van der Waals surface area contributed by atoms with Crippen molar-refractivity contribution in [2.45, 2.75) is 0 Å². The van der Waals surface area contributed by atoms with Gasteiger partial charge in [0, 0.05) is 15.7 Å². The van der Waals surface area contributed by atoms with Crippen molar-refractivity contribution in [1.29, 1.82) is 0 Å². The maximum Gasteiger partial charge on any atom is 0.259 e. The smallest absolute Gasteiger partial charge is 0.259 e. The molecule has 2 aromatic carbocycles. The number of para-hydroxylation sites is 1. The molecule has 0 saturated carbocycles. The highest BCUT2D eigenvalue weighted by Gasteiger charge is 2.00. The molecule has 0 aliphatic heterocycles. The molecular formula is C15H14BrN3O2. The van der Waals surface area contributed by atoms with Gasteiger partial charge in [0.15, 0.2) is 0 Å². The first-order chi connectivity index (χ1) is 10.1. The van der Waals surface area contributed by atoms with Crippen molar-refractivity contribution in [2.24, 2.45) is 5.10 Å². The molecule has 21 heavy (non-hydrogen) atoms. The van der Waals surface area contributed by atoms with Gasteiger partial charge in [-0.15, -0.1) is 0 Å². The Morgan fingerprint density at radius 3 is 2.62 bits per heavy atom. The second-order valence-electron chi connectivity index (χ2n) is 4.21. The van der Waals surface area contributed by atoms with Gasteiger partial charge in [-0.3, -0.25) is 4.79 Å². The molecule has 5 nitrogen and oxygen atoms in total. The molecule has 0 heterocycles. The lowest BCUT2D eigenvalue weighted by molar-refractivity contribution is -0.119. The normalized spacial score (nSPS) is 10.5. The number of rotatable bonds is 5. The van der Waals surface area contributed by atoms with Crippen LogP contribution in [0.3, 0.4) is 0 Å². The number of nitrogens with one attached hydrogen (secondary N) is 2. The number of benzene rings is 2. The van der Waals surface area contributed by atoms with Crippen molar-refractivity contribution in [1.82, 2.24) is 5.43 Å². The lowest BCUT2D eigenvalue weighted by Gasteiger charge is -2.05. The largest absolute Gasteiger partial charge is 0.507 e. The molecule has 1 amide bonds. The van der Waals surface area contributed by atoms with E-state index in [9.17, 15) is 9.90 Å². The average molecular weight is 348 g/mol. The molecule has 0 bridgehead atoms. The van der Waals surface area contributed by atoms with Crippen molar-refractivity contribution in [2.75, 3.05) is 11.9 Å². The zero-order chi connectivity index (χ0) is 15.1. The molecule has 0 unspecified atom stereocenters. The van der Waals surface area contributed by atoms with Crippen LogP contribution in [0.2, 0.25) is 0 Å². The molecule has 0 aromatic heterocycles. The van der Waals surface area contributed by atoms with Crippen molar-refractivity contribution in [3.63, 3.8) is 0 Å². The van der Waals surface area contributed by atoms with Crippen LogP contribution in [0.25, 0.3) is 0 Å². The molecule has 0 spiro atoms. The van der Waals surface area contributed by atoms with Gasteiger partial charge < -0.3 is 10.4 Å². The first-order valence-electron chi connectivity index (χ1n) is 6.24. The number of carbonyl (C=O) groups excluding carboxylic acids is 1. The summed E-state index contributed by atoms with van der Waals surface area (Å²) >= 11 is 3.34. The number of hydrazone groups is 1. The fourth-order valence-electron chi connectivity index (χ4n) is 1.56. The molecule has 0 aliphatic rings. The minimum atomic E-state index is -0.274. The Labute approximate surface area is 130 Å². The molecule has 2 aromatic rings. The lowest BCUT2D eigenvalue weighted by Crippen LogP contribution is -2.25. The van der Waals surface area contributed by atoms with Crippen molar-refractivity contribution >= 4 is 33.7 Å². The van der Waals surface area contributed by atoms with Crippen LogP contribution in [-0.2, 0) is 4.79 Å². The molecule has 0 aliphatic carbocycles. The Morgan fingerprint density at radius 1 is 1.19 bits per heavy atom. The summed E-state index contributed by atoms with van der Waals surface area (Å²) in [6, 6.07) is 14.2. The predicted molar refractivity (Wildman–Crippen MR) is 86.5 cm³/mol. The van der Waals surface area contributed by atoms with E-state index in [0.717, 1.165) is 10.2 Å². The summed E-state index contributed by atoms with van der Waals surface area (Å²) in [6.07, 6.45) is 1.40. The van der Waals surface area contributed by atoms with E-state index >= 15 is 0 Å². The molecule has 2 rings (SSSR count). The molecule has 6 heteroatoms. The van der Waals surface area contributed by atoms with Gasteiger partial charge in [-0.25, -0.2) is 5.43 Å². The number of phenols is 1.